The molecule has 0 radical (unpaired) electrons. The number of anilines is 3. The number of amides is 2. The van der Waals surface area contributed by atoms with Crippen LogP contribution in [-0.2, 0) is 16.0 Å². The number of para-hydroxylation sites is 1. The molecule has 2 amide bonds. The van der Waals surface area contributed by atoms with E-state index in [4.69, 9.17) is 21.1 Å². The van der Waals surface area contributed by atoms with E-state index in [2.05, 4.69) is 15.3 Å². The van der Waals surface area contributed by atoms with Crippen LogP contribution in [0.25, 0.3) is 0 Å². The Labute approximate surface area is 187 Å². The van der Waals surface area contributed by atoms with Gasteiger partial charge in [-0.1, -0.05) is 23.7 Å². The van der Waals surface area contributed by atoms with Crippen LogP contribution in [0.5, 0.6) is 0 Å². The zero-order valence-electron chi connectivity index (χ0n) is 17.9. The number of hydrogen-bond donors (Lipinski definition) is 1. The van der Waals surface area contributed by atoms with Gasteiger partial charge in [-0.25, -0.2) is 9.78 Å². The Morgan fingerprint density at radius 1 is 1.19 bits per heavy atom. The summed E-state index contributed by atoms with van der Waals surface area (Å²) in [4.78, 5) is 25.3. The van der Waals surface area contributed by atoms with E-state index in [0.717, 1.165) is 31.2 Å². The third kappa shape index (κ3) is 4.92. The van der Waals surface area contributed by atoms with Crippen LogP contribution in [0.15, 0.2) is 30.5 Å². The first-order valence-corrected chi connectivity index (χ1v) is 11.0. The van der Waals surface area contributed by atoms with Gasteiger partial charge in [0.2, 0.25) is 5.95 Å². The number of benzene rings is 1. The SMILES string of the molecule is COCCOC1CCC(Nc2ncc3c(n2)N(C)C(=O)N(c2ccccc2Cl)C3)CC1. The third-order valence-corrected chi connectivity index (χ3v) is 6.12. The van der Waals surface area contributed by atoms with Crippen LogP contribution in [-0.4, -0.2) is 55.5 Å². The van der Waals surface area contributed by atoms with E-state index in [1.54, 1.807) is 36.2 Å². The molecule has 2 aromatic rings. The summed E-state index contributed by atoms with van der Waals surface area (Å²) in [6, 6.07) is 7.46. The molecule has 1 N–H and O–H groups in total. The Balaban J connectivity index is 1.41. The molecule has 4 rings (SSSR count). The van der Waals surface area contributed by atoms with Gasteiger partial charge in [-0.05, 0) is 37.8 Å². The van der Waals surface area contributed by atoms with Gasteiger partial charge in [0.25, 0.3) is 0 Å². The van der Waals surface area contributed by atoms with E-state index >= 15 is 0 Å². The summed E-state index contributed by atoms with van der Waals surface area (Å²) in [5.41, 5.74) is 1.56. The molecule has 0 atom stereocenters. The zero-order valence-corrected chi connectivity index (χ0v) is 18.6. The van der Waals surface area contributed by atoms with E-state index in [0.29, 0.717) is 48.3 Å². The van der Waals surface area contributed by atoms with Crippen LogP contribution in [0.4, 0.5) is 22.2 Å². The van der Waals surface area contributed by atoms with Crippen LogP contribution >= 0.6 is 11.6 Å². The molecule has 1 saturated carbocycles. The average molecular weight is 446 g/mol. The zero-order chi connectivity index (χ0) is 21.8. The van der Waals surface area contributed by atoms with Gasteiger partial charge >= 0.3 is 6.03 Å². The smallest absolute Gasteiger partial charge is 0.330 e. The summed E-state index contributed by atoms with van der Waals surface area (Å²) in [7, 11) is 3.41. The Hall–Kier alpha value is -2.42. The molecular formula is C22H28ClN5O3. The molecule has 0 saturated heterocycles. The topological polar surface area (TPSA) is 79.8 Å². The van der Waals surface area contributed by atoms with Gasteiger partial charge in [-0.2, -0.15) is 4.98 Å². The van der Waals surface area contributed by atoms with Crippen molar-refractivity contribution in [1.82, 2.24) is 9.97 Å². The fourth-order valence-corrected chi connectivity index (χ4v) is 4.33. The molecule has 0 bridgehead atoms. The van der Waals surface area contributed by atoms with Gasteiger partial charge in [0, 0.05) is 32.0 Å². The highest BCUT2D eigenvalue weighted by atomic mass is 35.5. The minimum absolute atomic E-state index is 0.168. The largest absolute Gasteiger partial charge is 0.382 e. The molecule has 2 heterocycles. The van der Waals surface area contributed by atoms with Crippen LogP contribution < -0.4 is 15.1 Å². The van der Waals surface area contributed by atoms with E-state index in [-0.39, 0.29) is 12.1 Å². The number of fused-ring (bicyclic) bond motifs is 1. The molecule has 1 aliphatic carbocycles. The highest BCUT2D eigenvalue weighted by Crippen LogP contribution is 2.33. The van der Waals surface area contributed by atoms with E-state index in [9.17, 15) is 4.79 Å². The van der Waals surface area contributed by atoms with Gasteiger partial charge in [0.05, 0.1) is 36.6 Å². The second kappa shape index (κ2) is 9.80. The molecule has 8 nitrogen and oxygen atoms in total. The summed E-state index contributed by atoms with van der Waals surface area (Å²) < 4.78 is 10.9. The number of hydrogen-bond acceptors (Lipinski definition) is 6. The summed E-state index contributed by atoms with van der Waals surface area (Å²) in [5, 5.41) is 3.97. The van der Waals surface area contributed by atoms with Crippen molar-refractivity contribution in [2.24, 2.45) is 0 Å². The van der Waals surface area contributed by atoms with Crippen molar-refractivity contribution in [2.75, 3.05) is 42.5 Å². The van der Waals surface area contributed by atoms with Gasteiger partial charge in [-0.15, -0.1) is 0 Å². The molecule has 0 unspecified atom stereocenters. The Morgan fingerprint density at radius 2 is 1.97 bits per heavy atom. The average Bonchev–Trinajstić information content (AvgIpc) is 2.78. The molecule has 0 spiro atoms. The normalized spacial score (nSPS) is 21.2. The van der Waals surface area contributed by atoms with Gasteiger partial charge < -0.3 is 14.8 Å². The highest BCUT2D eigenvalue weighted by Gasteiger charge is 2.32. The Morgan fingerprint density at radius 3 is 2.71 bits per heavy atom. The predicted octanol–water partition coefficient (Wildman–Crippen LogP) is 4.09. The molecule has 9 heteroatoms. The third-order valence-electron chi connectivity index (χ3n) is 5.80. The van der Waals surface area contributed by atoms with Crippen molar-refractivity contribution in [3.05, 3.63) is 41.0 Å². The summed E-state index contributed by atoms with van der Waals surface area (Å²) in [5.74, 6) is 1.18. The summed E-state index contributed by atoms with van der Waals surface area (Å²) in [6.45, 7) is 1.65. The number of carbonyl (C=O) groups excluding carboxylic acids is 1. The number of carbonyl (C=O) groups is 1. The number of halogens is 1. The number of nitrogens with zero attached hydrogens (tertiary/aromatic N) is 4. The number of ether oxygens (including phenoxy) is 2. The summed E-state index contributed by atoms with van der Waals surface area (Å²) >= 11 is 6.31. The van der Waals surface area contributed by atoms with E-state index < -0.39 is 0 Å². The lowest BCUT2D eigenvalue weighted by molar-refractivity contribution is -0.00157. The number of rotatable bonds is 7. The van der Waals surface area contributed by atoms with Crippen molar-refractivity contribution in [1.29, 1.82) is 0 Å². The first-order valence-electron chi connectivity index (χ1n) is 10.6. The first kappa shape index (κ1) is 21.8. The lowest BCUT2D eigenvalue weighted by atomic mass is 9.93. The van der Waals surface area contributed by atoms with Gasteiger partial charge in [-0.3, -0.25) is 9.80 Å². The minimum Gasteiger partial charge on any atom is -0.382 e. The van der Waals surface area contributed by atoms with Crippen molar-refractivity contribution in [3.8, 4) is 0 Å². The predicted molar refractivity (Wildman–Crippen MR) is 121 cm³/mol. The molecule has 31 heavy (non-hydrogen) atoms. The highest BCUT2D eigenvalue weighted by molar-refractivity contribution is 6.34. The lowest BCUT2D eigenvalue weighted by Gasteiger charge is -2.34. The summed E-state index contributed by atoms with van der Waals surface area (Å²) in [6.07, 6.45) is 6.06. The second-order valence-corrected chi connectivity index (χ2v) is 8.31. The van der Waals surface area contributed by atoms with Crippen molar-refractivity contribution >= 4 is 35.1 Å². The maximum Gasteiger partial charge on any atom is 0.330 e. The van der Waals surface area contributed by atoms with Gasteiger partial charge in [0.15, 0.2) is 0 Å². The van der Waals surface area contributed by atoms with Crippen molar-refractivity contribution in [2.45, 2.75) is 44.4 Å². The quantitative estimate of drug-likeness (QED) is 0.646. The van der Waals surface area contributed by atoms with Crippen molar-refractivity contribution in [3.63, 3.8) is 0 Å². The Bertz CT molecular complexity index is 920. The lowest BCUT2D eigenvalue weighted by Crippen LogP contribution is -2.46. The monoisotopic (exact) mass is 445 g/mol. The number of nitrogens with one attached hydrogen (secondary N) is 1. The maximum atomic E-state index is 13.0. The number of aromatic nitrogens is 2. The number of methoxy groups -OCH3 is 1. The number of urea groups is 1. The van der Waals surface area contributed by atoms with E-state index in [1.165, 1.54) is 0 Å². The van der Waals surface area contributed by atoms with Crippen LogP contribution in [0.3, 0.4) is 0 Å². The molecule has 166 valence electrons. The van der Waals surface area contributed by atoms with Gasteiger partial charge in [0.1, 0.15) is 5.82 Å². The van der Waals surface area contributed by atoms with Crippen LogP contribution in [0.2, 0.25) is 5.02 Å². The molecule has 1 aromatic carbocycles. The van der Waals surface area contributed by atoms with E-state index in [1.807, 2.05) is 18.2 Å². The van der Waals surface area contributed by atoms with Crippen LogP contribution in [0, 0.1) is 0 Å². The fraction of sp³-hybridized carbons (Fsp3) is 0.500. The second-order valence-electron chi connectivity index (χ2n) is 7.90. The minimum atomic E-state index is -0.168. The molecule has 1 fully saturated rings. The molecule has 1 aliphatic heterocycles. The first-order chi connectivity index (χ1) is 15.1. The molecular weight excluding hydrogens is 418 g/mol. The standard InChI is InChI=1S/C22H28ClN5O3/c1-27-20-15(14-28(22(27)29)19-6-4-3-5-18(19)23)13-24-21(26-20)25-16-7-9-17(10-8-16)31-12-11-30-2/h3-6,13,16-17H,7-12,14H2,1-2H3,(H,24,25,26). The maximum absolute atomic E-state index is 13.0. The van der Waals surface area contributed by atoms with Crippen molar-refractivity contribution < 1.29 is 14.3 Å². The molecule has 2 aliphatic rings. The van der Waals surface area contributed by atoms with Crippen LogP contribution in [0.1, 0.15) is 31.2 Å². The Kier molecular flexibility index (Phi) is 6.89. The molecule has 1 aromatic heterocycles. The fourth-order valence-electron chi connectivity index (χ4n) is 4.09.